The number of fused-ring (bicyclic) bond motifs is 1. The number of rotatable bonds is 2. The molecule has 0 spiro atoms. The van der Waals surface area contributed by atoms with Gasteiger partial charge in [0.1, 0.15) is 11.5 Å². The van der Waals surface area contributed by atoms with Crippen molar-refractivity contribution >= 4 is 11.6 Å². The molecule has 1 aliphatic heterocycles. The van der Waals surface area contributed by atoms with Gasteiger partial charge in [0.25, 0.3) is 5.91 Å². The molecule has 0 aromatic carbocycles. The van der Waals surface area contributed by atoms with E-state index in [1.165, 1.54) is 0 Å². The molecular formula is C13H18N6O. The van der Waals surface area contributed by atoms with Crippen LogP contribution >= 0.6 is 0 Å². The molecule has 2 aromatic rings. The van der Waals surface area contributed by atoms with Gasteiger partial charge in [0.15, 0.2) is 0 Å². The summed E-state index contributed by atoms with van der Waals surface area (Å²) in [7, 11) is 0. The molecule has 7 nitrogen and oxygen atoms in total. The molecule has 1 amide bonds. The van der Waals surface area contributed by atoms with Gasteiger partial charge in [-0.1, -0.05) is 0 Å². The number of carbonyl (C=O) groups excluding carboxylic acids is 1. The predicted octanol–water partition coefficient (Wildman–Crippen LogP) is 0.646. The third-order valence-electron chi connectivity index (χ3n) is 3.71. The van der Waals surface area contributed by atoms with Gasteiger partial charge in [0.05, 0.1) is 17.9 Å². The highest BCUT2D eigenvalue weighted by Gasteiger charge is 2.27. The fraction of sp³-hybridized carbons (Fsp3) is 0.462. The van der Waals surface area contributed by atoms with E-state index in [9.17, 15) is 4.79 Å². The van der Waals surface area contributed by atoms with Gasteiger partial charge in [0.2, 0.25) is 0 Å². The molecule has 3 rings (SSSR count). The van der Waals surface area contributed by atoms with Gasteiger partial charge in [-0.2, -0.15) is 5.10 Å². The summed E-state index contributed by atoms with van der Waals surface area (Å²) in [5.41, 5.74) is 7.68. The topological polar surface area (TPSA) is 82.0 Å². The van der Waals surface area contributed by atoms with Crippen LogP contribution in [0.5, 0.6) is 0 Å². The van der Waals surface area contributed by atoms with E-state index in [0.717, 1.165) is 12.4 Å². The molecule has 106 valence electrons. The number of nitrogens with two attached hydrogens (primary N) is 1. The Balaban J connectivity index is 1.91. The number of carbonyl (C=O) groups is 1. The summed E-state index contributed by atoms with van der Waals surface area (Å²) in [4.78, 5) is 18.7. The van der Waals surface area contributed by atoms with Crippen LogP contribution in [0.4, 0.5) is 5.69 Å². The number of aromatic nitrogens is 4. The monoisotopic (exact) mass is 274 g/mol. The molecular weight excluding hydrogens is 256 g/mol. The van der Waals surface area contributed by atoms with Gasteiger partial charge in [-0.15, -0.1) is 0 Å². The summed E-state index contributed by atoms with van der Waals surface area (Å²) in [6, 6.07) is 0. The number of anilines is 1. The van der Waals surface area contributed by atoms with E-state index in [-0.39, 0.29) is 5.91 Å². The normalized spacial score (nSPS) is 14.4. The number of hydrogen-bond donors (Lipinski definition) is 1. The Morgan fingerprint density at radius 3 is 3.00 bits per heavy atom. The maximum absolute atomic E-state index is 12.7. The average Bonchev–Trinajstić information content (AvgIpc) is 3.02. The van der Waals surface area contributed by atoms with Gasteiger partial charge in [-0.05, 0) is 13.8 Å². The van der Waals surface area contributed by atoms with Crippen molar-refractivity contribution in [1.82, 2.24) is 24.2 Å². The van der Waals surface area contributed by atoms with Crippen molar-refractivity contribution < 1.29 is 4.79 Å². The van der Waals surface area contributed by atoms with Gasteiger partial charge >= 0.3 is 0 Å². The van der Waals surface area contributed by atoms with Gasteiger partial charge in [-0.25, -0.2) is 4.98 Å². The summed E-state index contributed by atoms with van der Waals surface area (Å²) in [6.07, 6.45) is 3.70. The second-order valence-electron chi connectivity index (χ2n) is 4.93. The standard InChI is InChI=1S/C13H18N6O/c1-3-19-12(11(14)9(2)16-19)13(20)18-7-6-17-5-4-15-10(17)8-18/h4-5H,3,6-8,14H2,1-2H3. The van der Waals surface area contributed by atoms with Crippen LogP contribution in [0.3, 0.4) is 0 Å². The van der Waals surface area contributed by atoms with Gasteiger partial charge in [-0.3, -0.25) is 9.48 Å². The van der Waals surface area contributed by atoms with E-state index in [4.69, 9.17) is 5.73 Å². The minimum absolute atomic E-state index is 0.0702. The highest BCUT2D eigenvalue weighted by Crippen LogP contribution is 2.21. The molecule has 20 heavy (non-hydrogen) atoms. The summed E-state index contributed by atoms with van der Waals surface area (Å²) in [5, 5.41) is 4.30. The summed E-state index contributed by atoms with van der Waals surface area (Å²) < 4.78 is 3.74. The van der Waals surface area contributed by atoms with Crippen LogP contribution in [-0.2, 0) is 19.6 Å². The molecule has 0 fully saturated rings. The van der Waals surface area contributed by atoms with E-state index in [1.807, 2.05) is 20.0 Å². The van der Waals surface area contributed by atoms with Crippen molar-refractivity contribution in [2.45, 2.75) is 33.5 Å². The van der Waals surface area contributed by atoms with Crippen LogP contribution < -0.4 is 5.73 Å². The number of aryl methyl sites for hydroxylation is 2. The number of nitrogen functional groups attached to an aromatic ring is 1. The Hall–Kier alpha value is -2.31. The second-order valence-corrected chi connectivity index (χ2v) is 4.93. The van der Waals surface area contributed by atoms with Crippen LogP contribution in [-0.4, -0.2) is 36.7 Å². The highest BCUT2D eigenvalue weighted by atomic mass is 16.2. The number of nitrogens with zero attached hydrogens (tertiary/aromatic N) is 5. The van der Waals surface area contributed by atoms with Crippen LogP contribution in [0.25, 0.3) is 0 Å². The van der Waals surface area contributed by atoms with Crippen LogP contribution in [0, 0.1) is 6.92 Å². The largest absolute Gasteiger partial charge is 0.395 e. The first-order chi connectivity index (χ1) is 9.61. The van der Waals surface area contributed by atoms with Crippen LogP contribution in [0.1, 0.15) is 28.9 Å². The Morgan fingerprint density at radius 1 is 1.45 bits per heavy atom. The Kier molecular flexibility index (Phi) is 2.96. The molecule has 2 aromatic heterocycles. The Bertz CT molecular complexity index is 656. The van der Waals surface area contributed by atoms with Crippen molar-refractivity contribution in [2.24, 2.45) is 0 Å². The Morgan fingerprint density at radius 2 is 2.25 bits per heavy atom. The number of imidazole rings is 1. The van der Waals surface area contributed by atoms with Crippen LogP contribution in [0.2, 0.25) is 0 Å². The van der Waals surface area contributed by atoms with E-state index in [2.05, 4.69) is 14.6 Å². The zero-order valence-electron chi connectivity index (χ0n) is 11.7. The molecule has 0 bridgehead atoms. The summed E-state index contributed by atoms with van der Waals surface area (Å²) in [5.74, 6) is 0.835. The summed E-state index contributed by atoms with van der Waals surface area (Å²) >= 11 is 0. The van der Waals surface area contributed by atoms with Crippen molar-refractivity contribution in [3.63, 3.8) is 0 Å². The minimum Gasteiger partial charge on any atom is -0.395 e. The van der Waals surface area contributed by atoms with Gasteiger partial charge in [0, 0.05) is 32.0 Å². The lowest BCUT2D eigenvalue weighted by Gasteiger charge is -2.27. The lowest BCUT2D eigenvalue weighted by atomic mass is 10.2. The van der Waals surface area contributed by atoms with Crippen molar-refractivity contribution in [2.75, 3.05) is 12.3 Å². The molecule has 0 aliphatic carbocycles. The minimum atomic E-state index is -0.0702. The lowest BCUT2D eigenvalue weighted by Crippen LogP contribution is -2.39. The first-order valence-electron chi connectivity index (χ1n) is 6.74. The van der Waals surface area contributed by atoms with E-state index in [0.29, 0.717) is 36.7 Å². The van der Waals surface area contributed by atoms with Crippen molar-refractivity contribution in [3.05, 3.63) is 29.6 Å². The van der Waals surface area contributed by atoms with E-state index in [1.54, 1.807) is 15.8 Å². The second kappa shape index (κ2) is 4.66. The number of hydrogen-bond acceptors (Lipinski definition) is 4. The van der Waals surface area contributed by atoms with Crippen molar-refractivity contribution in [3.8, 4) is 0 Å². The molecule has 2 N–H and O–H groups in total. The lowest BCUT2D eigenvalue weighted by molar-refractivity contribution is 0.0696. The smallest absolute Gasteiger partial charge is 0.274 e. The fourth-order valence-corrected chi connectivity index (χ4v) is 2.55. The fourth-order valence-electron chi connectivity index (χ4n) is 2.55. The average molecular weight is 274 g/mol. The first kappa shape index (κ1) is 12.7. The zero-order valence-corrected chi connectivity index (χ0v) is 11.7. The van der Waals surface area contributed by atoms with Gasteiger partial charge < -0.3 is 15.2 Å². The molecule has 0 saturated carbocycles. The van der Waals surface area contributed by atoms with Crippen molar-refractivity contribution in [1.29, 1.82) is 0 Å². The third-order valence-corrected chi connectivity index (χ3v) is 3.71. The molecule has 7 heteroatoms. The van der Waals surface area contributed by atoms with E-state index >= 15 is 0 Å². The third kappa shape index (κ3) is 1.86. The van der Waals surface area contributed by atoms with E-state index < -0.39 is 0 Å². The SMILES string of the molecule is CCn1nc(C)c(N)c1C(=O)N1CCn2ccnc2C1. The molecule has 1 aliphatic rings. The maximum atomic E-state index is 12.7. The quantitative estimate of drug-likeness (QED) is 0.871. The maximum Gasteiger partial charge on any atom is 0.274 e. The Labute approximate surface area is 117 Å². The highest BCUT2D eigenvalue weighted by molar-refractivity contribution is 5.98. The molecule has 0 atom stereocenters. The van der Waals surface area contributed by atoms with Crippen LogP contribution in [0.15, 0.2) is 12.4 Å². The molecule has 3 heterocycles. The number of amides is 1. The zero-order chi connectivity index (χ0) is 14.3. The molecule has 0 unspecified atom stereocenters. The summed E-state index contributed by atoms with van der Waals surface area (Å²) in [6.45, 7) is 6.34. The first-order valence-corrected chi connectivity index (χ1v) is 6.74. The molecule has 0 saturated heterocycles. The predicted molar refractivity (Wildman–Crippen MR) is 74.0 cm³/mol. The molecule has 0 radical (unpaired) electrons.